The first-order valence-electron chi connectivity index (χ1n) is 6.69. The number of carbonyl (C=O) groups is 1. The molecule has 0 aliphatic heterocycles. The Hall–Kier alpha value is -2.29. The van der Waals surface area contributed by atoms with E-state index in [1.165, 1.54) is 0 Å². The van der Waals surface area contributed by atoms with E-state index in [1.54, 1.807) is 12.1 Å². The Morgan fingerprint density at radius 3 is 2.40 bits per heavy atom. The van der Waals surface area contributed by atoms with Crippen molar-refractivity contribution in [1.29, 1.82) is 0 Å². The Kier molecular flexibility index (Phi) is 4.08. The van der Waals surface area contributed by atoms with Crippen LogP contribution in [-0.4, -0.2) is 5.91 Å². The predicted octanol–water partition coefficient (Wildman–Crippen LogP) is 3.12. The van der Waals surface area contributed by atoms with Gasteiger partial charge < -0.3 is 11.1 Å². The van der Waals surface area contributed by atoms with E-state index in [9.17, 15) is 4.79 Å². The third-order valence-corrected chi connectivity index (χ3v) is 3.65. The first kappa shape index (κ1) is 14.1. The van der Waals surface area contributed by atoms with Crippen molar-refractivity contribution in [2.24, 2.45) is 0 Å². The molecule has 3 nitrogen and oxygen atoms in total. The fourth-order valence-corrected chi connectivity index (χ4v) is 2.38. The number of hydrogen-bond acceptors (Lipinski definition) is 2. The minimum absolute atomic E-state index is 0.0662. The zero-order chi connectivity index (χ0) is 14.7. The molecule has 3 N–H and O–H groups in total. The van der Waals surface area contributed by atoms with Gasteiger partial charge in [0.15, 0.2) is 0 Å². The normalized spacial score (nSPS) is 10.3. The SMILES string of the molecule is Cc1cc(C)c(CNC(=O)c2ccccc2)c(C)c1N. The summed E-state index contributed by atoms with van der Waals surface area (Å²) in [6, 6.07) is 11.3. The van der Waals surface area contributed by atoms with Gasteiger partial charge in [-0.1, -0.05) is 24.3 Å². The van der Waals surface area contributed by atoms with E-state index in [4.69, 9.17) is 5.73 Å². The van der Waals surface area contributed by atoms with Crippen molar-refractivity contribution >= 4 is 11.6 Å². The monoisotopic (exact) mass is 268 g/mol. The van der Waals surface area contributed by atoms with Crippen molar-refractivity contribution < 1.29 is 4.79 Å². The maximum absolute atomic E-state index is 12.1. The molecule has 0 unspecified atom stereocenters. The molecule has 0 aliphatic rings. The smallest absolute Gasteiger partial charge is 0.251 e. The molecule has 0 atom stereocenters. The van der Waals surface area contributed by atoms with E-state index >= 15 is 0 Å². The van der Waals surface area contributed by atoms with Crippen molar-refractivity contribution in [1.82, 2.24) is 5.32 Å². The summed E-state index contributed by atoms with van der Waals surface area (Å²) in [6.45, 7) is 6.54. The van der Waals surface area contributed by atoms with Gasteiger partial charge in [-0.3, -0.25) is 4.79 Å². The van der Waals surface area contributed by atoms with Gasteiger partial charge in [-0.2, -0.15) is 0 Å². The molecule has 2 rings (SSSR count). The van der Waals surface area contributed by atoms with Gasteiger partial charge in [0.2, 0.25) is 0 Å². The number of nitrogens with one attached hydrogen (secondary N) is 1. The average Bonchev–Trinajstić information content (AvgIpc) is 2.45. The molecule has 2 aromatic carbocycles. The number of benzene rings is 2. The van der Waals surface area contributed by atoms with Crippen LogP contribution >= 0.6 is 0 Å². The minimum atomic E-state index is -0.0662. The zero-order valence-corrected chi connectivity index (χ0v) is 12.2. The Balaban J connectivity index is 2.16. The van der Waals surface area contributed by atoms with E-state index in [2.05, 4.69) is 11.4 Å². The number of rotatable bonds is 3. The first-order valence-corrected chi connectivity index (χ1v) is 6.69. The van der Waals surface area contributed by atoms with Crippen molar-refractivity contribution in [2.45, 2.75) is 27.3 Å². The van der Waals surface area contributed by atoms with Gasteiger partial charge in [0.25, 0.3) is 5.91 Å². The van der Waals surface area contributed by atoms with Crippen LogP contribution in [0.4, 0.5) is 5.69 Å². The molecule has 0 aromatic heterocycles. The first-order chi connectivity index (χ1) is 9.50. The lowest BCUT2D eigenvalue weighted by atomic mass is 9.97. The largest absolute Gasteiger partial charge is 0.398 e. The molecule has 0 aliphatic carbocycles. The summed E-state index contributed by atoms with van der Waals surface area (Å²) >= 11 is 0. The van der Waals surface area contributed by atoms with E-state index in [-0.39, 0.29) is 5.91 Å². The molecule has 20 heavy (non-hydrogen) atoms. The van der Waals surface area contributed by atoms with E-state index in [0.29, 0.717) is 12.1 Å². The number of anilines is 1. The van der Waals surface area contributed by atoms with Crippen LogP contribution in [0.3, 0.4) is 0 Å². The molecule has 0 saturated carbocycles. The van der Waals surface area contributed by atoms with Gasteiger partial charge in [-0.15, -0.1) is 0 Å². The quantitative estimate of drug-likeness (QED) is 0.840. The fraction of sp³-hybridized carbons (Fsp3) is 0.235. The predicted molar refractivity (Wildman–Crippen MR) is 82.7 cm³/mol. The van der Waals surface area contributed by atoms with Gasteiger partial charge >= 0.3 is 0 Å². The summed E-state index contributed by atoms with van der Waals surface area (Å²) < 4.78 is 0. The van der Waals surface area contributed by atoms with Crippen LogP contribution in [-0.2, 0) is 6.54 Å². The number of aryl methyl sites for hydroxylation is 2. The molecule has 0 radical (unpaired) electrons. The molecule has 3 heteroatoms. The third kappa shape index (κ3) is 2.82. The van der Waals surface area contributed by atoms with Crippen LogP contribution in [0, 0.1) is 20.8 Å². The highest BCUT2D eigenvalue weighted by atomic mass is 16.1. The second kappa shape index (κ2) is 5.78. The summed E-state index contributed by atoms with van der Waals surface area (Å²) in [7, 11) is 0. The molecular weight excluding hydrogens is 248 g/mol. The lowest BCUT2D eigenvalue weighted by Crippen LogP contribution is -2.24. The van der Waals surface area contributed by atoms with Crippen LogP contribution in [0.25, 0.3) is 0 Å². The second-order valence-electron chi connectivity index (χ2n) is 5.08. The van der Waals surface area contributed by atoms with Crippen molar-refractivity contribution in [2.75, 3.05) is 5.73 Å². The van der Waals surface area contributed by atoms with Crippen LogP contribution in [0.1, 0.15) is 32.6 Å². The standard InChI is InChI=1S/C17H20N2O/c1-11-9-12(2)16(18)13(3)15(11)10-19-17(20)14-7-5-4-6-8-14/h4-9H,10,18H2,1-3H3,(H,19,20). The Labute approximate surface area is 119 Å². The van der Waals surface area contributed by atoms with Gasteiger partial charge in [0, 0.05) is 17.8 Å². The molecule has 1 amide bonds. The molecular formula is C17H20N2O. The molecule has 0 heterocycles. The summed E-state index contributed by atoms with van der Waals surface area (Å²) in [5.41, 5.74) is 11.9. The van der Waals surface area contributed by atoms with Gasteiger partial charge in [0.1, 0.15) is 0 Å². The Bertz CT molecular complexity index is 633. The number of nitrogens with two attached hydrogens (primary N) is 1. The van der Waals surface area contributed by atoms with Crippen molar-refractivity contribution in [3.63, 3.8) is 0 Å². The maximum atomic E-state index is 12.1. The van der Waals surface area contributed by atoms with E-state index in [0.717, 1.165) is 27.9 Å². The Morgan fingerprint density at radius 2 is 1.75 bits per heavy atom. The average molecular weight is 268 g/mol. The molecule has 0 bridgehead atoms. The lowest BCUT2D eigenvalue weighted by Gasteiger charge is -2.15. The van der Waals surface area contributed by atoms with Crippen LogP contribution in [0.2, 0.25) is 0 Å². The van der Waals surface area contributed by atoms with Gasteiger partial charge in [-0.25, -0.2) is 0 Å². The van der Waals surface area contributed by atoms with Gasteiger partial charge in [-0.05, 0) is 55.2 Å². The lowest BCUT2D eigenvalue weighted by molar-refractivity contribution is 0.0951. The zero-order valence-electron chi connectivity index (χ0n) is 12.2. The highest BCUT2D eigenvalue weighted by molar-refractivity contribution is 5.94. The Morgan fingerprint density at radius 1 is 1.10 bits per heavy atom. The second-order valence-corrected chi connectivity index (χ2v) is 5.08. The van der Waals surface area contributed by atoms with Gasteiger partial charge in [0.05, 0.1) is 0 Å². The summed E-state index contributed by atoms with van der Waals surface area (Å²) in [4.78, 5) is 12.1. The summed E-state index contributed by atoms with van der Waals surface area (Å²) in [5.74, 6) is -0.0662. The molecule has 0 fully saturated rings. The maximum Gasteiger partial charge on any atom is 0.251 e. The fourth-order valence-electron chi connectivity index (χ4n) is 2.38. The number of hydrogen-bond donors (Lipinski definition) is 2. The molecule has 0 saturated heterocycles. The van der Waals surface area contributed by atoms with Crippen molar-refractivity contribution in [3.8, 4) is 0 Å². The number of amides is 1. The summed E-state index contributed by atoms with van der Waals surface area (Å²) in [6.07, 6.45) is 0. The van der Waals surface area contributed by atoms with Crippen LogP contribution in [0.5, 0.6) is 0 Å². The highest BCUT2D eigenvalue weighted by Crippen LogP contribution is 2.24. The molecule has 0 spiro atoms. The number of carbonyl (C=O) groups excluding carboxylic acids is 1. The van der Waals surface area contributed by atoms with E-state index in [1.807, 2.05) is 39.0 Å². The van der Waals surface area contributed by atoms with Crippen molar-refractivity contribution in [3.05, 3.63) is 64.2 Å². The minimum Gasteiger partial charge on any atom is -0.398 e. The highest BCUT2D eigenvalue weighted by Gasteiger charge is 2.10. The summed E-state index contributed by atoms with van der Waals surface area (Å²) in [5, 5.41) is 2.95. The van der Waals surface area contributed by atoms with Crippen LogP contribution < -0.4 is 11.1 Å². The topological polar surface area (TPSA) is 55.1 Å². The van der Waals surface area contributed by atoms with Crippen LogP contribution in [0.15, 0.2) is 36.4 Å². The molecule has 104 valence electrons. The third-order valence-electron chi connectivity index (χ3n) is 3.65. The number of nitrogen functional groups attached to an aromatic ring is 1. The molecule has 2 aromatic rings. The van der Waals surface area contributed by atoms with E-state index < -0.39 is 0 Å².